The van der Waals surface area contributed by atoms with E-state index in [9.17, 15) is 19.8 Å². The molecule has 6 rings (SSSR count). The number of anilines is 1. The number of phenolic OH excluding ortho intramolecular Hbond substituents is 1. The molecule has 1 aliphatic heterocycles. The zero-order valence-electron chi connectivity index (χ0n) is 33.9. The number of ketones is 2. The van der Waals surface area contributed by atoms with Gasteiger partial charge < -0.3 is 31.3 Å². The number of ether oxygens (including phenoxy) is 1. The number of phenols is 1. The van der Waals surface area contributed by atoms with Crippen molar-refractivity contribution in [2.45, 2.75) is 83.1 Å². The molecule has 0 radical (unpaired) electrons. The number of benzene rings is 3. The first-order chi connectivity index (χ1) is 28.3. The molecule has 2 aliphatic rings. The number of piperidine rings is 1. The van der Waals surface area contributed by atoms with Gasteiger partial charge in [0.25, 0.3) is 0 Å². The number of hydrogen-bond donors (Lipinski definition) is 5. The van der Waals surface area contributed by atoms with E-state index in [1.165, 1.54) is 29.2 Å². The Hall–Kier alpha value is -5.09. The van der Waals surface area contributed by atoms with E-state index in [2.05, 4.69) is 76.3 Å². The van der Waals surface area contributed by atoms with Crippen LogP contribution in [0.1, 0.15) is 83.9 Å². The quantitative estimate of drug-likeness (QED) is 0.0193. The lowest BCUT2D eigenvalue weighted by Gasteiger charge is -2.42. The number of nitrogens with one attached hydrogen (secondary N) is 2. The van der Waals surface area contributed by atoms with Crippen molar-refractivity contribution in [3.63, 3.8) is 0 Å². The van der Waals surface area contributed by atoms with Crippen LogP contribution >= 0.6 is 0 Å². The largest absolute Gasteiger partial charge is 0.504 e. The number of rotatable bonds is 21. The summed E-state index contributed by atoms with van der Waals surface area (Å²) < 4.78 is 5.27. The second-order valence-electron chi connectivity index (χ2n) is 16.0. The Morgan fingerprint density at radius 1 is 0.914 bits per heavy atom. The van der Waals surface area contributed by atoms with Gasteiger partial charge in [0.05, 0.1) is 6.42 Å². The van der Waals surface area contributed by atoms with Crippen molar-refractivity contribution in [1.29, 1.82) is 0 Å². The smallest absolute Gasteiger partial charge is 0.186 e. The number of Topliss-reactive ketones (excluding diaryl/α,β-unsaturated/α-hetero) is 1. The molecule has 0 saturated carbocycles. The molecule has 1 fully saturated rings. The average molecular weight is 785 g/mol. The minimum Gasteiger partial charge on any atom is -0.504 e. The van der Waals surface area contributed by atoms with Crippen molar-refractivity contribution < 1.29 is 24.5 Å². The molecule has 1 aromatic heterocycles. The number of allylic oxidation sites excluding steroid dienone is 1. The summed E-state index contributed by atoms with van der Waals surface area (Å²) in [5.41, 5.74) is 13.4. The summed E-state index contributed by atoms with van der Waals surface area (Å²) in [5, 5.41) is 27.3. The molecule has 0 bridgehead atoms. The van der Waals surface area contributed by atoms with Crippen molar-refractivity contribution in [3.8, 4) is 11.5 Å². The van der Waals surface area contributed by atoms with Crippen molar-refractivity contribution in [3.05, 3.63) is 136 Å². The third kappa shape index (κ3) is 12.2. The first-order valence-electron chi connectivity index (χ1n) is 21.0. The Morgan fingerprint density at radius 2 is 1.69 bits per heavy atom. The maximum absolute atomic E-state index is 13.1. The number of unbranched alkanes of at least 4 members (excludes halogenated alkanes) is 2. The Balaban J connectivity index is 1.04. The van der Waals surface area contributed by atoms with Crippen LogP contribution in [0.25, 0.3) is 6.08 Å². The second kappa shape index (κ2) is 21.6. The molecule has 58 heavy (non-hydrogen) atoms. The number of likely N-dealkylation sites (N-methyl/N-ethyl adjacent to an activating group) is 1. The fraction of sp³-hybridized carbons (Fsp3) is 0.408. The van der Waals surface area contributed by atoms with Gasteiger partial charge in [0.15, 0.2) is 24.1 Å². The van der Waals surface area contributed by atoms with Gasteiger partial charge in [-0.1, -0.05) is 85.7 Å². The summed E-state index contributed by atoms with van der Waals surface area (Å²) in [6, 6.07) is 24.7. The molecule has 1 aliphatic carbocycles. The predicted octanol–water partition coefficient (Wildman–Crippen LogP) is 7.35. The minimum atomic E-state index is -0.616. The highest BCUT2D eigenvalue weighted by Gasteiger charge is 2.36. The molecule has 0 unspecified atom stereocenters. The van der Waals surface area contributed by atoms with Gasteiger partial charge in [0, 0.05) is 25.2 Å². The number of pyridine rings is 1. The minimum absolute atomic E-state index is 0.0590. The predicted molar refractivity (Wildman–Crippen MR) is 232 cm³/mol. The van der Waals surface area contributed by atoms with Crippen molar-refractivity contribution in [2.75, 3.05) is 32.7 Å². The summed E-state index contributed by atoms with van der Waals surface area (Å²) in [4.78, 5) is 30.3. The highest BCUT2D eigenvalue weighted by Crippen LogP contribution is 2.38. The topological polar surface area (TPSA) is 147 Å². The van der Waals surface area contributed by atoms with Gasteiger partial charge in [-0.2, -0.15) is 0 Å². The van der Waals surface area contributed by atoms with Gasteiger partial charge in [-0.3, -0.25) is 9.59 Å². The van der Waals surface area contributed by atoms with Crippen molar-refractivity contribution in [2.24, 2.45) is 17.8 Å². The van der Waals surface area contributed by atoms with Crippen molar-refractivity contribution in [1.82, 2.24) is 15.6 Å². The molecule has 4 atom stereocenters. The van der Waals surface area contributed by atoms with Gasteiger partial charge in [-0.05, 0) is 146 Å². The zero-order chi connectivity index (χ0) is 40.7. The molecular formula is C49H60N4O5. The van der Waals surface area contributed by atoms with Crippen LogP contribution in [0.4, 0.5) is 5.82 Å². The van der Waals surface area contributed by atoms with Crippen LogP contribution in [-0.2, 0) is 41.7 Å². The highest BCUT2D eigenvalue weighted by molar-refractivity contribution is 6.06. The maximum Gasteiger partial charge on any atom is 0.186 e. The number of aliphatic hydroxyl groups excluding tert-OH is 1. The number of nitrogen functional groups attached to an aromatic ring is 1. The molecule has 9 nitrogen and oxygen atoms in total. The fourth-order valence-corrected chi connectivity index (χ4v) is 8.84. The van der Waals surface area contributed by atoms with Crippen LogP contribution < -0.4 is 21.1 Å². The fourth-order valence-electron chi connectivity index (χ4n) is 8.84. The van der Waals surface area contributed by atoms with Gasteiger partial charge >= 0.3 is 0 Å². The Kier molecular flexibility index (Phi) is 15.8. The third-order valence-corrected chi connectivity index (χ3v) is 12.0. The van der Waals surface area contributed by atoms with E-state index in [-0.39, 0.29) is 29.5 Å². The SMILES string of the molecule is CN[C@@H]1C=C[C@H]2CNCC[C@H]2[C@@H]1CCCCCC(=O)CC(=O)C=Cc1cc(OCO)c(O)cc1Cc1cnc(N)cc1CCc1cccc(CCc2ccccc2)c1. The molecule has 2 heterocycles. The molecule has 0 spiro atoms. The van der Waals surface area contributed by atoms with Crippen LogP contribution in [0.3, 0.4) is 0 Å². The number of carbonyl (C=O) groups excluding carboxylic acids is 2. The molecule has 3 aromatic carbocycles. The zero-order valence-corrected chi connectivity index (χ0v) is 33.9. The third-order valence-electron chi connectivity index (χ3n) is 12.0. The van der Waals surface area contributed by atoms with Crippen LogP contribution in [-0.4, -0.2) is 59.7 Å². The lowest BCUT2D eigenvalue weighted by molar-refractivity contribution is -0.124. The summed E-state index contributed by atoms with van der Waals surface area (Å²) in [6.45, 7) is 1.53. The van der Waals surface area contributed by atoms with E-state index in [1.54, 1.807) is 24.4 Å². The standard InChI is InChI=1S/C49H60N4O5/c1-51-46-22-20-39-31-52-24-23-44(39)45(46)14-7-3-6-13-42(55)30-43(56)21-19-37-28-48(58-33-54)47(57)27-40(37)26-41-32-53-49(50)29-38(41)18-17-36-12-8-11-35(25-36)16-15-34-9-4-2-5-10-34/h2,4-5,8-12,19-22,25,27-29,32,39,44-46,51-52,54,57H,3,6-7,13-18,23-24,26,30-31,33H2,1H3,(H2,50,53)/t39-,44+,45-,46+/m0/s1. The van der Waals surface area contributed by atoms with Crippen LogP contribution in [0.15, 0.2) is 97.2 Å². The van der Waals surface area contributed by atoms with E-state index in [0.717, 1.165) is 81.1 Å². The molecule has 9 heteroatoms. The number of nitrogens with two attached hydrogens (primary N) is 1. The van der Waals surface area contributed by atoms with Gasteiger partial charge in [-0.25, -0.2) is 4.98 Å². The molecular weight excluding hydrogens is 725 g/mol. The van der Waals surface area contributed by atoms with Gasteiger partial charge in [0.1, 0.15) is 11.6 Å². The molecule has 1 saturated heterocycles. The summed E-state index contributed by atoms with van der Waals surface area (Å²) in [6.07, 6.45) is 18.9. The Labute approximate surface area is 343 Å². The number of aromatic nitrogens is 1. The molecule has 0 amide bonds. The monoisotopic (exact) mass is 784 g/mol. The summed E-state index contributed by atoms with van der Waals surface area (Å²) in [7, 11) is 2.04. The number of carbonyl (C=O) groups is 2. The molecule has 6 N–H and O–H groups in total. The van der Waals surface area contributed by atoms with E-state index < -0.39 is 6.79 Å². The number of aromatic hydroxyl groups is 1. The van der Waals surface area contributed by atoms with E-state index in [0.29, 0.717) is 48.0 Å². The number of aryl methyl sites for hydroxylation is 4. The number of fused-ring (bicyclic) bond motifs is 1. The van der Waals surface area contributed by atoms with Gasteiger partial charge in [0.2, 0.25) is 0 Å². The number of hydrogen-bond acceptors (Lipinski definition) is 9. The Bertz CT molecular complexity index is 2030. The van der Waals surface area contributed by atoms with Gasteiger partial charge in [-0.15, -0.1) is 0 Å². The summed E-state index contributed by atoms with van der Waals surface area (Å²) >= 11 is 0. The lowest BCUT2D eigenvalue weighted by atomic mass is 9.68. The molecule has 306 valence electrons. The normalized spacial score (nSPS) is 18.9. The van der Waals surface area contributed by atoms with Crippen LogP contribution in [0.5, 0.6) is 11.5 Å². The number of aliphatic hydroxyl groups is 1. The maximum atomic E-state index is 13.1. The average Bonchev–Trinajstić information content (AvgIpc) is 3.23. The second-order valence-corrected chi connectivity index (χ2v) is 16.0. The summed E-state index contributed by atoms with van der Waals surface area (Å²) in [5.74, 6) is 1.98. The lowest BCUT2D eigenvalue weighted by Crippen LogP contribution is -2.47. The highest BCUT2D eigenvalue weighted by atomic mass is 16.6. The van der Waals surface area contributed by atoms with E-state index in [4.69, 9.17) is 10.5 Å². The number of nitrogens with zero attached hydrogens (tertiary/aromatic N) is 1. The van der Waals surface area contributed by atoms with Crippen molar-refractivity contribution >= 4 is 23.5 Å². The Morgan fingerprint density at radius 3 is 2.48 bits per heavy atom. The first kappa shape index (κ1) is 42.5. The van der Waals surface area contributed by atoms with E-state index in [1.807, 2.05) is 19.2 Å². The first-order valence-corrected chi connectivity index (χ1v) is 21.0. The van der Waals surface area contributed by atoms with Crippen LogP contribution in [0.2, 0.25) is 0 Å². The molecule has 4 aromatic rings. The van der Waals surface area contributed by atoms with E-state index >= 15 is 0 Å². The van der Waals surface area contributed by atoms with Crippen LogP contribution in [0, 0.1) is 17.8 Å².